The van der Waals surface area contributed by atoms with Crippen molar-refractivity contribution in [3.05, 3.63) is 83.9 Å². The van der Waals surface area contributed by atoms with E-state index in [9.17, 15) is 14.4 Å². The molecule has 0 aliphatic heterocycles. The minimum atomic E-state index is -1.03. The molecule has 0 N–H and O–H groups in total. The smallest absolute Gasteiger partial charge is 0.347 e. The predicted molar refractivity (Wildman–Crippen MR) is 186 cm³/mol. The summed E-state index contributed by atoms with van der Waals surface area (Å²) in [6.45, 7) is 8.54. The summed E-state index contributed by atoms with van der Waals surface area (Å²) >= 11 is 0. The molecule has 3 aromatic carbocycles. The molecule has 0 heterocycles. The number of ether oxygens (including phenoxy) is 4. The second-order valence-corrected chi connectivity index (χ2v) is 12.0. The fraction of sp³-hybridized carbons (Fsp3) is 0.475. The molecule has 0 radical (unpaired) electrons. The van der Waals surface area contributed by atoms with E-state index in [0.717, 1.165) is 55.6 Å². The third kappa shape index (κ3) is 13.3. The lowest BCUT2D eigenvalue weighted by Crippen LogP contribution is -2.30. The zero-order chi connectivity index (χ0) is 33.9. The summed E-state index contributed by atoms with van der Waals surface area (Å²) in [6, 6.07) is 21.2. The van der Waals surface area contributed by atoms with Crippen molar-refractivity contribution in [3.8, 4) is 22.6 Å². The van der Waals surface area contributed by atoms with Crippen molar-refractivity contribution >= 4 is 17.9 Å². The van der Waals surface area contributed by atoms with Crippen molar-refractivity contribution in [2.24, 2.45) is 0 Å². The van der Waals surface area contributed by atoms with E-state index in [-0.39, 0.29) is 17.4 Å². The number of esters is 3. The fourth-order valence-corrected chi connectivity index (χ4v) is 5.24. The summed E-state index contributed by atoms with van der Waals surface area (Å²) in [5.74, 6) is -0.587. The highest BCUT2D eigenvalue weighted by Gasteiger charge is 2.23. The lowest BCUT2D eigenvalue weighted by atomic mass is 10.0. The summed E-state index contributed by atoms with van der Waals surface area (Å²) in [7, 11) is 0. The van der Waals surface area contributed by atoms with Gasteiger partial charge in [0.1, 0.15) is 17.6 Å². The Morgan fingerprint density at radius 1 is 0.553 bits per heavy atom. The zero-order valence-corrected chi connectivity index (χ0v) is 28.6. The molecule has 47 heavy (non-hydrogen) atoms. The number of carbonyl (C=O) groups is 3. The van der Waals surface area contributed by atoms with Gasteiger partial charge in [-0.3, -0.25) is 0 Å². The molecule has 0 saturated carbocycles. The summed E-state index contributed by atoms with van der Waals surface area (Å²) in [4.78, 5) is 37.8. The number of carbonyl (C=O) groups excluding carboxylic acids is 3. The van der Waals surface area contributed by atoms with Gasteiger partial charge in [-0.05, 0) is 85.8 Å². The first-order valence-electron chi connectivity index (χ1n) is 17.4. The Morgan fingerprint density at radius 3 is 1.62 bits per heavy atom. The van der Waals surface area contributed by atoms with Crippen molar-refractivity contribution in [3.63, 3.8) is 0 Å². The maximum Gasteiger partial charge on any atom is 0.347 e. The van der Waals surface area contributed by atoms with Crippen LogP contribution in [0.5, 0.6) is 11.5 Å². The van der Waals surface area contributed by atoms with Crippen LogP contribution < -0.4 is 9.47 Å². The monoisotopic (exact) mass is 644 g/mol. The molecule has 7 heteroatoms. The van der Waals surface area contributed by atoms with Crippen LogP contribution >= 0.6 is 0 Å². The first kappa shape index (κ1) is 37.3. The van der Waals surface area contributed by atoms with Crippen molar-refractivity contribution in [1.29, 1.82) is 0 Å². The lowest BCUT2D eigenvalue weighted by Gasteiger charge is -2.19. The number of rotatable bonds is 21. The number of benzene rings is 3. The average molecular weight is 645 g/mol. The SMILES string of the molecule is CCCCCCCCCCOc1ccc(-c2ccc(C(=O)Oc3ccc(C(=O)OC(C)C(=O)OC(CCC)CCC)cc3)cc2)cc1. The number of hydrogen-bond donors (Lipinski definition) is 0. The van der Waals surface area contributed by atoms with E-state index < -0.39 is 24.0 Å². The van der Waals surface area contributed by atoms with Gasteiger partial charge in [-0.2, -0.15) is 0 Å². The molecule has 0 fully saturated rings. The van der Waals surface area contributed by atoms with E-state index in [4.69, 9.17) is 18.9 Å². The second kappa shape index (κ2) is 20.9. The van der Waals surface area contributed by atoms with E-state index in [2.05, 4.69) is 6.92 Å². The van der Waals surface area contributed by atoms with Crippen molar-refractivity contribution in [2.45, 2.75) is 117 Å². The van der Waals surface area contributed by atoms with E-state index in [0.29, 0.717) is 5.56 Å². The fourth-order valence-electron chi connectivity index (χ4n) is 5.24. The van der Waals surface area contributed by atoms with Crippen LogP contribution in [0.4, 0.5) is 0 Å². The highest BCUT2D eigenvalue weighted by atomic mass is 16.6. The van der Waals surface area contributed by atoms with Crippen LogP contribution in [-0.4, -0.2) is 36.7 Å². The van der Waals surface area contributed by atoms with Crippen molar-refractivity contribution < 1.29 is 33.3 Å². The van der Waals surface area contributed by atoms with E-state index in [1.54, 1.807) is 12.1 Å². The van der Waals surface area contributed by atoms with Crippen LogP contribution in [0.2, 0.25) is 0 Å². The van der Waals surface area contributed by atoms with Crippen molar-refractivity contribution in [2.75, 3.05) is 6.61 Å². The molecule has 0 saturated heterocycles. The Morgan fingerprint density at radius 2 is 1.04 bits per heavy atom. The summed E-state index contributed by atoms with van der Waals surface area (Å²) < 4.78 is 22.3. The van der Waals surface area contributed by atoms with Gasteiger partial charge >= 0.3 is 17.9 Å². The molecule has 1 unspecified atom stereocenters. The first-order chi connectivity index (χ1) is 22.8. The highest BCUT2D eigenvalue weighted by molar-refractivity contribution is 5.93. The lowest BCUT2D eigenvalue weighted by molar-refractivity contribution is -0.159. The van der Waals surface area contributed by atoms with Gasteiger partial charge in [-0.25, -0.2) is 14.4 Å². The molecule has 0 bridgehead atoms. The molecular formula is C40H52O7. The molecule has 0 spiro atoms. The number of unbranched alkanes of at least 4 members (excludes halogenated alkanes) is 7. The first-order valence-corrected chi connectivity index (χ1v) is 17.4. The van der Waals surface area contributed by atoms with Gasteiger partial charge in [-0.1, -0.05) is 103 Å². The number of hydrogen-bond acceptors (Lipinski definition) is 7. The maximum atomic E-state index is 12.8. The van der Waals surface area contributed by atoms with Crippen molar-refractivity contribution in [1.82, 2.24) is 0 Å². The molecule has 254 valence electrons. The maximum absolute atomic E-state index is 12.8. The average Bonchev–Trinajstić information content (AvgIpc) is 3.08. The van der Waals surface area contributed by atoms with E-state index in [1.807, 2.05) is 50.2 Å². The van der Waals surface area contributed by atoms with Crippen LogP contribution in [0.25, 0.3) is 11.1 Å². The topological polar surface area (TPSA) is 88.1 Å². The van der Waals surface area contributed by atoms with Gasteiger partial charge in [0.25, 0.3) is 0 Å². The third-order valence-corrected chi connectivity index (χ3v) is 8.00. The molecule has 7 nitrogen and oxygen atoms in total. The predicted octanol–water partition coefficient (Wildman–Crippen LogP) is 10.1. The second-order valence-electron chi connectivity index (χ2n) is 12.0. The zero-order valence-electron chi connectivity index (χ0n) is 28.6. The van der Waals surface area contributed by atoms with Gasteiger partial charge < -0.3 is 18.9 Å². The molecule has 0 aromatic heterocycles. The Balaban J connectivity index is 1.43. The van der Waals surface area contributed by atoms with Crippen LogP contribution in [0.15, 0.2) is 72.8 Å². The Hall–Kier alpha value is -4.13. The van der Waals surface area contributed by atoms with Crippen LogP contribution in [0.3, 0.4) is 0 Å². The van der Waals surface area contributed by atoms with E-state index in [1.165, 1.54) is 76.1 Å². The molecular weight excluding hydrogens is 592 g/mol. The minimum Gasteiger partial charge on any atom is -0.494 e. The Labute approximate surface area is 281 Å². The van der Waals surface area contributed by atoms with Crippen LogP contribution in [-0.2, 0) is 14.3 Å². The van der Waals surface area contributed by atoms with Gasteiger partial charge in [0, 0.05) is 0 Å². The van der Waals surface area contributed by atoms with Crippen LogP contribution in [0, 0.1) is 0 Å². The summed E-state index contributed by atoms with van der Waals surface area (Å²) in [6.07, 6.45) is 12.3. The van der Waals surface area contributed by atoms with Gasteiger partial charge in [-0.15, -0.1) is 0 Å². The largest absolute Gasteiger partial charge is 0.494 e. The van der Waals surface area contributed by atoms with Crippen LogP contribution in [0.1, 0.15) is 125 Å². The summed E-state index contributed by atoms with van der Waals surface area (Å²) in [5.41, 5.74) is 2.64. The quantitative estimate of drug-likeness (QED) is 0.0648. The summed E-state index contributed by atoms with van der Waals surface area (Å²) in [5, 5.41) is 0. The molecule has 0 aliphatic carbocycles. The van der Waals surface area contributed by atoms with E-state index >= 15 is 0 Å². The molecule has 3 aromatic rings. The molecule has 1 atom stereocenters. The third-order valence-electron chi connectivity index (χ3n) is 8.00. The van der Waals surface area contributed by atoms with Gasteiger partial charge in [0.05, 0.1) is 17.7 Å². The molecule has 0 amide bonds. The normalized spacial score (nSPS) is 11.6. The molecule has 3 rings (SSSR count). The Kier molecular flexibility index (Phi) is 16.6. The standard InChI is InChI=1S/C40H52O7/c1-5-8-9-10-11-12-13-14-29-44-35-25-21-32(22-26-35)31-17-19-33(20-18-31)40(43)47-37-27-23-34(24-28-37)39(42)45-30(4)38(41)46-36(15-6-2)16-7-3/h17-28,30,36H,5-16,29H2,1-4H3. The Bertz CT molecular complexity index is 1340. The van der Waals surface area contributed by atoms with Gasteiger partial charge in [0.15, 0.2) is 6.10 Å². The molecule has 0 aliphatic rings. The minimum absolute atomic E-state index is 0.176. The highest BCUT2D eigenvalue weighted by Crippen LogP contribution is 2.24. The van der Waals surface area contributed by atoms with Gasteiger partial charge in [0.2, 0.25) is 0 Å².